The number of carbonyl (C=O) groups is 1. The summed E-state index contributed by atoms with van der Waals surface area (Å²) in [5.41, 5.74) is 0.185. The van der Waals surface area contributed by atoms with E-state index >= 15 is 0 Å². The highest BCUT2D eigenvalue weighted by Gasteiger charge is 2.33. The molecule has 1 heterocycles. The first-order valence-corrected chi connectivity index (χ1v) is 7.68. The van der Waals surface area contributed by atoms with E-state index in [1.807, 2.05) is 6.07 Å². The first kappa shape index (κ1) is 14.8. The maximum absolute atomic E-state index is 12.3. The number of halogens is 1. The second-order valence-electron chi connectivity index (χ2n) is 4.48. The van der Waals surface area contributed by atoms with Crippen molar-refractivity contribution in [2.45, 2.75) is 17.4 Å². The van der Waals surface area contributed by atoms with Crippen LogP contribution in [-0.2, 0) is 14.8 Å². The number of hydrogen-bond acceptors (Lipinski definition) is 4. The van der Waals surface area contributed by atoms with Crippen LogP contribution in [0.15, 0.2) is 23.1 Å². The maximum Gasteiger partial charge on any atom is 0.242 e. The highest BCUT2D eigenvalue weighted by molar-refractivity contribution is 7.89. The summed E-state index contributed by atoms with van der Waals surface area (Å²) in [5, 5.41) is 8.82. The fourth-order valence-electron chi connectivity index (χ4n) is 1.96. The molecular formula is C12H12ClN3O3S. The number of nitriles is 1. The molecule has 0 aliphatic carbocycles. The Morgan fingerprint density at radius 3 is 2.75 bits per heavy atom. The summed E-state index contributed by atoms with van der Waals surface area (Å²) < 4.78 is 26.8. The third-order valence-corrected chi connectivity index (χ3v) is 5.03. The Balaban J connectivity index is 2.32. The summed E-state index contributed by atoms with van der Waals surface area (Å²) in [6.45, 7) is 0.498. The van der Waals surface area contributed by atoms with Crippen molar-refractivity contribution >= 4 is 27.5 Å². The largest absolute Gasteiger partial charge is 0.344 e. The van der Waals surface area contributed by atoms with E-state index in [1.165, 1.54) is 23.1 Å². The van der Waals surface area contributed by atoms with E-state index in [0.29, 0.717) is 13.0 Å². The van der Waals surface area contributed by atoms with Crippen LogP contribution in [0.1, 0.15) is 12.0 Å². The number of likely N-dealkylation sites (tertiary alicyclic amines) is 1. The molecule has 1 N–H and O–H groups in total. The zero-order chi connectivity index (χ0) is 14.9. The molecule has 0 bridgehead atoms. The first-order valence-electron chi connectivity index (χ1n) is 5.82. The van der Waals surface area contributed by atoms with Crippen LogP contribution in [0.25, 0.3) is 0 Å². The molecule has 6 nitrogen and oxygen atoms in total. The van der Waals surface area contributed by atoms with Gasteiger partial charge in [-0.3, -0.25) is 4.79 Å². The quantitative estimate of drug-likeness (QED) is 0.890. The summed E-state index contributed by atoms with van der Waals surface area (Å²) in [4.78, 5) is 13.0. The van der Waals surface area contributed by atoms with Crippen molar-refractivity contribution in [1.29, 1.82) is 5.26 Å². The van der Waals surface area contributed by atoms with E-state index in [-0.39, 0.29) is 21.4 Å². The van der Waals surface area contributed by atoms with Gasteiger partial charge >= 0.3 is 0 Å². The Bertz CT molecular complexity index is 696. The van der Waals surface area contributed by atoms with Crippen molar-refractivity contribution in [3.05, 3.63) is 28.8 Å². The van der Waals surface area contributed by atoms with Gasteiger partial charge in [-0.1, -0.05) is 11.6 Å². The van der Waals surface area contributed by atoms with E-state index in [1.54, 1.807) is 7.05 Å². The Morgan fingerprint density at radius 1 is 1.50 bits per heavy atom. The van der Waals surface area contributed by atoms with Gasteiger partial charge in [0.15, 0.2) is 0 Å². The Kier molecular flexibility index (Phi) is 3.99. The molecular weight excluding hydrogens is 302 g/mol. The molecule has 1 fully saturated rings. The molecule has 0 spiro atoms. The fraction of sp³-hybridized carbons (Fsp3) is 0.333. The minimum Gasteiger partial charge on any atom is -0.344 e. The van der Waals surface area contributed by atoms with Gasteiger partial charge in [0.2, 0.25) is 15.9 Å². The first-order chi connectivity index (χ1) is 9.35. The Hall–Kier alpha value is -1.62. The highest BCUT2D eigenvalue weighted by atomic mass is 35.5. The third kappa shape index (κ3) is 2.77. The van der Waals surface area contributed by atoms with Crippen molar-refractivity contribution in [1.82, 2.24) is 9.62 Å². The standard InChI is InChI=1S/C12H12ClN3O3S/c1-16-5-4-10(12(16)17)15-20(18,19)11-6-8(7-14)2-3-9(11)13/h2-3,6,10,15H,4-5H2,1H3. The highest BCUT2D eigenvalue weighted by Crippen LogP contribution is 2.23. The molecule has 1 aliphatic rings. The number of amides is 1. The Morgan fingerprint density at radius 2 is 2.20 bits per heavy atom. The molecule has 106 valence electrons. The number of nitrogens with zero attached hydrogens (tertiary/aromatic N) is 2. The van der Waals surface area contributed by atoms with E-state index in [2.05, 4.69) is 4.72 Å². The monoisotopic (exact) mass is 313 g/mol. The fourth-order valence-corrected chi connectivity index (χ4v) is 3.71. The minimum absolute atomic E-state index is 0.00954. The summed E-state index contributed by atoms with van der Waals surface area (Å²) in [7, 11) is -2.33. The number of sulfonamides is 1. The molecule has 1 aromatic carbocycles. The molecule has 0 radical (unpaired) electrons. The zero-order valence-electron chi connectivity index (χ0n) is 10.6. The van der Waals surface area contributed by atoms with Crippen molar-refractivity contribution in [2.75, 3.05) is 13.6 Å². The molecule has 1 amide bonds. The van der Waals surface area contributed by atoms with Gasteiger partial charge in [-0.2, -0.15) is 9.98 Å². The van der Waals surface area contributed by atoms with Gasteiger partial charge in [0.1, 0.15) is 10.9 Å². The number of nitrogens with one attached hydrogen (secondary N) is 1. The molecule has 1 aliphatic heterocycles. The van der Waals surface area contributed by atoms with Gasteiger partial charge in [-0.15, -0.1) is 0 Å². The van der Waals surface area contributed by atoms with Gasteiger partial charge < -0.3 is 4.90 Å². The molecule has 0 aromatic heterocycles. The lowest BCUT2D eigenvalue weighted by molar-refractivity contribution is -0.127. The van der Waals surface area contributed by atoms with Crippen molar-refractivity contribution in [2.24, 2.45) is 0 Å². The smallest absolute Gasteiger partial charge is 0.242 e. The van der Waals surface area contributed by atoms with E-state index < -0.39 is 16.1 Å². The predicted octanol–water partition coefficient (Wildman–Crippen LogP) is 0.721. The lowest BCUT2D eigenvalue weighted by atomic mass is 10.2. The number of likely N-dealkylation sites (N-methyl/N-ethyl adjacent to an activating group) is 1. The second kappa shape index (κ2) is 5.40. The lowest BCUT2D eigenvalue weighted by Gasteiger charge is -2.13. The summed E-state index contributed by atoms with van der Waals surface area (Å²) in [6, 6.07) is 5.02. The van der Waals surface area contributed by atoms with Crippen molar-refractivity contribution < 1.29 is 13.2 Å². The minimum atomic E-state index is -3.94. The van der Waals surface area contributed by atoms with E-state index in [9.17, 15) is 13.2 Å². The summed E-state index contributed by atoms with van der Waals surface area (Å²) in [5.74, 6) is -0.277. The average Bonchev–Trinajstić information content (AvgIpc) is 2.70. The van der Waals surface area contributed by atoms with Crippen LogP contribution < -0.4 is 4.72 Å². The maximum atomic E-state index is 12.3. The molecule has 2 rings (SSSR count). The van der Waals surface area contributed by atoms with Crippen LogP contribution in [0.5, 0.6) is 0 Å². The zero-order valence-corrected chi connectivity index (χ0v) is 12.2. The SMILES string of the molecule is CN1CCC(NS(=O)(=O)c2cc(C#N)ccc2Cl)C1=O. The molecule has 1 saturated heterocycles. The normalized spacial score (nSPS) is 19.1. The van der Waals surface area contributed by atoms with E-state index in [4.69, 9.17) is 16.9 Å². The average molecular weight is 314 g/mol. The number of rotatable bonds is 3. The molecule has 8 heteroatoms. The van der Waals surface area contributed by atoms with Crippen molar-refractivity contribution in [3.8, 4) is 6.07 Å². The van der Waals surface area contributed by atoms with Gasteiger partial charge in [0, 0.05) is 13.6 Å². The van der Waals surface area contributed by atoms with Crippen LogP contribution >= 0.6 is 11.6 Å². The van der Waals surface area contributed by atoms with Crippen LogP contribution in [0.2, 0.25) is 5.02 Å². The third-order valence-electron chi connectivity index (χ3n) is 3.07. The topological polar surface area (TPSA) is 90.3 Å². The summed E-state index contributed by atoms with van der Waals surface area (Å²) in [6.07, 6.45) is 0.407. The summed E-state index contributed by atoms with van der Waals surface area (Å²) >= 11 is 5.86. The van der Waals surface area contributed by atoms with Gasteiger partial charge in [0.05, 0.1) is 16.7 Å². The Labute approximate surface area is 122 Å². The molecule has 1 atom stereocenters. The number of benzene rings is 1. The van der Waals surface area contributed by atoms with Crippen LogP contribution in [0.3, 0.4) is 0 Å². The number of hydrogen-bond donors (Lipinski definition) is 1. The van der Waals surface area contributed by atoms with Crippen molar-refractivity contribution in [3.63, 3.8) is 0 Å². The van der Waals surface area contributed by atoms with Crippen LogP contribution in [0.4, 0.5) is 0 Å². The lowest BCUT2D eigenvalue weighted by Crippen LogP contribution is -2.40. The van der Waals surface area contributed by atoms with Gasteiger partial charge in [0.25, 0.3) is 0 Å². The predicted molar refractivity (Wildman–Crippen MR) is 72.5 cm³/mol. The van der Waals surface area contributed by atoms with Gasteiger partial charge in [-0.05, 0) is 24.6 Å². The molecule has 1 aromatic rings. The van der Waals surface area contributed by atoms with Crippen LogP contribution in [0, 0.1) is 11.3 Å². The van der Waals surface area contributed by atoms with Crippen LogP contribution in [-0.4, -0.2) is 38.9 Å². The molecule has 1 unspecified atom stereocenters. The van der Waals surface area contributed by atoms with E-state index in [0.717, 1.165) is 0 Å². The van der Waals surface area contributed by atoms with Gasteiger partial charge in [-0.25, -0.2) is 8.42 Å². The second-order valence-corrected chi connectivity index (χ2v) is 6.57. The molecule has 20 heavy (non-hydrogen) atoms. The number of carbonyl (C=O) groups excluding carboxylic acids is 1. The molecule has 0 saturated carbocycles.